The predicted octanol–water partition coefficient (Wildman–Crippen LogP) is 3.95. The minimum absolute atomic E-state index is 0.127. The standard InChI is InChI=1S/C23H29N3O4S/c1-16(2)22(27)25-20-8-4-7-18(14-20)23(28)24-19-9-11-21(12-10-19)31(29,30)26-13-5-6-17(3)15-26/h4,7-12,14,16-17H,5-6,13,15H2,1-3H3,(H,24,28)(H,25,27). The van der Waals surface area contributed by atoms with Crippen LogP contribution in [0.5, 0.6) is 0 Å². The minimum atomic E-state index is -3.54. The summed E-state index contributed by atoms with van der Waals surface area (Å²) in [7, 11) is -3.54. The third-order valence-electron chi connectivity index (χ3n) is 5.29. The first kappa shape index (κ1) is 23.0. The third-order valence-corrected chi connectivity index (χ3v) is 7.17. The van der Waals surface area contributed by atoms with Crippen molar-refractivity contribution in [3.05, 3.63) is 54.1 Å². The molecule has 1 aliphatic heterocycles. The van der Waals surface area contributed by atoms with E-state index in [2.05, 4.69) is 17.6 Å². The maximum Gasteiger partial charge on any atom is 0.255 e. The van der Waals surface area contributed by atoms with Crippen LogP contribution in [0.3, 0.4) is 0 Å². The molecule has 0 aromatic heterocycles. The Morgan fingerprint density at radius 2 is 1.74 bits per heavy atom. The molecule has 0 saturated carbocycles. The quantitative estimate of drug-likeness (QED) is 0.707. The van der Waals surface area contributed by atoms with Gasteiger partial charge in [0.15, 0.2) is 0 Å². The first-order valence-corrected chi connectivity index (χ1v) is 11.9. The summed E-state index contributed by atoms with van der Waals surface area (Å²) in [5.74, 6) is -0.290. The number of rotatable bonds is 6. The van der Waals surface area contributed by atoms with Gasteiger partial charge in [-0.25, -0.2) is 8.42 Å². The van der Waals surface area contributed by atoms with Gasteiger partial charge >= 0.3 is 0 Å². The molecule has 0 spiro atoms. The Kier molecular flexibility index (Phi) is 7.12. The van der Waals surface area contributed by atoms with Crippen molar-refractivity contribution in [2.75, 3.05) is 23.7 Å². The number of benzene rings is 2. The fraction of sp³-hybridized carbons (Fsp3) is 0.391. The van der Waals surface area contributed by atoms with Crippen LogP contribution in [0.15, 0.2) is 53.4 Å². The monoisotopic (exact) mass is 443 g/mol. The van der Waals surface area contributed by atoms with Crippen molar-refractivity contribution >= 4 is 33.2 Å². The Morgan fingerprint density at radius 3 is 2.39 bits per heavy atom. The number of piperidine rings is 1. The maximum atomic E-state index is 12.9. The molecule has 0 bridgehead atoms. The predicted molar refractivity (Wildman–Crippen MR) is 121 cm³/mol. The van der Waals surface area contributed by atoms with Crippen molar-refractivity contribution in [2.45, 2.75) is 38.5 Å². The van der Waals surface area contributed by atoms with Crippen molar-refractivity contribution in [1.29, 1.82) is 0 Å². The molecule has 1 unspecified atom stereocenters. The number of carbonyl (C=O) groups is 2. The molecule has 166 valence electrons. The second-order valence-electron chi connectivity index (χ2n) is 8.31. The van der Waals surface area contributed by atoms with Gasteiger partial charge in [-0.05, 0) is 61.2 Å². The normalized spacial score (nSPS) is 17.4. The summed E-state index contributed by atoms with van der Waals surface area (Å²) in [6.07, 6.45) is 1.91. The average molecular weight is 444 g/mol. The zero-order chi connectivity index (χ0) is 22.6. The first-order chi connectivity index (χ1) is 14.7. The lowest BCUT2D eigenvalue weighted by molar-refractivity contribution is -0.118. The van der Waals surface area contributed by atoms with E-state index in [9.17, 15) is 18.0 Å². The van der Waals surface area contributed by atoms with Gasteiger partial charge in [0, 0.05) is 35.9 Å². The van der Waals surface area contributed by atoms with E-state index < -0.39 is 10.0 Å². The van der Waals surface area contributed by atoms with Crippen LogP contribution in [0.2, 0.25) is 0 Å². The smallest absolute Gasteiger partial charge is 0.255 e. The van der Waals surface area contributed by atoms with E-state index in [1.807, 2.05) is 0 Å². The van der Waals surface area contributed by atoms with Crippen LogP contribution < -0.4 is 10.6 Å². The van der Waals surface area contributed by atoms with Gasteiger partial charge in [-0.2, -0.15) is 4.31 Å². The number of sulfonamides is 1. The van der Waals surface area contributed by atoms with Gasteiger partial charge in [0.2, 0.25) is 15.9 Å². The lowest BCUT2D eigenvalue weighted by atomic mass is 10.0. The third kappa shape index (κ3) is 5.71. The van der Waals surface area contributed by atoms with Crippen LogP contribution >= 0.6 is 0 Å². The van der Waals surface area contributed by atoms with Crippen LogP contribution in [-0.4, -0.2) is 37.6 Å². The zero-order valence-electron chi connectivity index (χ0n) is 18.1. The summed E-state index contributed by atoms with van der Waals surface area (Å²) in [6, 6.07) is 12.9. The molecule has 8 heteroatoms. The van der Waals surface area contributed by atoms with Gasteiger partial charge in [-0.3, -0.25) is 9.59 Å². The molecule has 7 nitrogen and oxygen atoms in total. The van der Waals surface area contributed by atoms with Gasteiger partial charge in [0.1, 0.15) is 0 Å². The number of amides is 2. The molecule has 0 aliphatic carbocycles. The van der Waals surface area contributed by atoms with Crippen LogP contribution in [0.4, 0.5) is 11.4 Å². The molecule has 0 radical (unpaired) electrons. The lowest BCUT2D eigenvalue weighted by Crippen LogP contribution is -2.39. The molecule has 1 fully saturated rings. The molecule has 2 amide bonds. The molecular weight excluding hydrogens is 414 g/mol. The Bertz CT molecular complexity index is 1050. The zero-order valence-corrected chi connectivity index (χ0v) is 18.9. The van der Waals surface area contributed by atoms with E-state index in [1.165, 1.54) is 16.4 Å². The van der Waals surface area contributed by atoms with Gasteiger partial charge in [0.25, 0.3) is 5.91 Å². The van der Waals surface area contributed by atoms with Crippen LogP contribution in [-0.2, 0) is 14.8 Å². The summed E-state index contributed by atoms with van der Waals surface area (Å²) in [6.45, 7) is 6.71. The van der Waals surface area contributed by atoms with E-state index in [1.54, 1.807) is 50.2 Å². The van der Waals surface area contributed by atoms with Gasteiger partial charge < -0.3 is 10.6 Å². The van der Waals surface area contributed by atoms with E-state index >= 15 is 0 Å². The Hall–Kier alpha value is -2.71. The fourth-order valence-corrected chi connectivity index (χ4v) is 5.05. The van der Waals surface area contributed by atoms with Crippen molar-refractivity contribution in [3.63, 3.8) is 0 Å². The highest BCUT2D eigenvalue weighted by atomic mass is 32.2. The van der Waals surface area contributed by atoms with E-state index in [0.29, 0.717) is 35.9 Å². The second kappa shape index (κ2) is 9.62. The number of nitrogens with one attached hydrogen (secondary N) is 2. The Labute approximate surface area is 183 Å². The molecule has 2 N–H and O–H groups in total. The van der Waals surface area contributed by atoms with Crippen LogP contribution in [0.1, 0.15) is 44.0 Å². The highest BCUT2D eigenvalue weighted by molar-refractivity contribution is 7.89. The summed E-state index contributed by atoms with van der Waals surface area (Å²) in [4.78, 5) is 24.7. The number of hydrogen-bond acceptors (Lipinski definition) is 4. The SMILES string of the molecule is CC1CCCN(S(=O)(=O)c2ccc(NC(=O)c3cccc(NC(=O)C(C)C)c3)cc2)C1. The fourth-order valence-electron chi connectivity index (χ4n) is 3.45. The summed E-state index contributed by atoms with van der Waals surface area (Å²) in [5.41, 5.74) is 1.43. The topological polar surface area (TPSA) is 95.6 Å². The number of anilines is 2. The van der Waals surface area contributed by atoms with E-state index in [-0.39, 0.29) is 22.6 Å². The molecule has 1 saturated heterocycles. The van der Waals surface area contributed by atoms with Crippen LogP contribution in [0, 0.1) is 11.8 Å². The summed E-state index contributed by atoms with van der Waals surface area (Å²) >= 11 is 0. The number of carbonyl (C=O) groups excluding carboxylic acids is 2. The molecule has 3 rings (SSSR count). The number of hydrogen-bond donors (Lipinski definition) is 2. The highest BCUT2D eigenvalue weighted by Gasteiger charge is 2.28. The average Bonchev–Trinajstić information content (AvgIpc) is 2.74. The highest BCUT2D eigenvalue weighted by Crippen LogP contribution is 2.24. The maximum absolute atomic E-state index is 12.9. The molecule has 1 heterocycles. The van der Waals surface area contributed by atoms with Crippen molar-refractivity contribution < 1.29 is 18.0 Å². The summed E-state index contributed by atoms with van der Waals surface area (Å²) < 4.78 is 27.3. The van der Waals surface area contributed by atoms with Crippen LogP contribution in [0.25, 0.3) is 0 Å². The van der Waals surface area contributed by atoms with Gasteiger partial charge in [-0.1, -0.05) is 26.8 Å². The van der Waals surface area contributed by atoms with Gasteiger partial charge in [0.05, 0.1) is 4.90 Å². The van der Waals surface area contributed by atoms with Crippen molar-refractivity contribution in [1.82, 2.24) is 4.31 Å². The molecule has 1 atom stereocenters. The van der Waals surface area contributed by atoms with Gasteiger partial charge in [-0.15, -0.1) is 0 Å². The molecular formula is C23H29N3O4S. The summed E-state index contributed by atoms with van der Waals surface area (Å²) in [5, 5.41) is 5.54. The first-order valence-electron chi connectivity index (χ1n) is 10.5. The van der Waals surface area contributed by atoms with E-state index in [0.717, 1.165) is 12.8 Å². The van der Waals surface area contributed by atoms with Crippen molar-refractivity contribution in [2.24, 2.45) is 11.8 Å². The minimum Gasteiger partial charge on any atom is -0.326 e. The van der Waals surface area contributed by atoms with Crippen molar-refractivity contribution in [3.8, 4) is 0 Å². The molecule has 31 heavy (non-hydrogen) atoms. The second-order valence-corrected chi connectivity index (χ2v) is 10.3. The Morgan fingerprint density at radius 1 is 1.03 bits per heavy atom. The molecule has 2 aromatic rings. The van der Waals surface area contributed by atoms with E-state index in [4.69, 9.17) is 0 Å². The lowest BCUT2D eigenvalue weighted by Gasteiger charge is -2.30. The largest absolute Gasteiger partial charge is 0.326 e. The molecule has 1 aliphatic rings. The molecule has 2 aromatic carbocycles. The Balaban J connectivity index is 1.68. The number of nitrogens with zero attached hydrogens (tertiary/aromatic N) is 1.